The molecule has 154 valence electrons. The van der Waals surface area contributed by atoms with E-state index in [-0.39, 0.29) is 5.69 Å². The molecule has 3 heterocycles. The molecule has 0 saturated carbocycles. The average molecular weight is 416 g/mol. The number of nitrogens with zero attached hydrogens (tertiary/aromatic N) is 4. The lowest BCUT2D eigenvalue weighted by atomic mass is 10.0. The molecule has 0 atom stereocenters. The Hall–Kier alpha value is -4.25. The maximum Gasteiger partial charge on any atom is 0.329 e. The minimum absolute atomic E-state index is 0.0454. The van der Waals surface area contributed by atoms with Gasteiger partial charge in [0.15, 0.2) is 0 Å². The number of aryl methyl sites for hydroxylation is 1. The van der Waals surface area contributed by atoms with Crippen LogP contribution >= 0.6 is 0 Å². The van der Waals surface area contributed by atoms with Crippen molar-refractivity contribution in [2.75, 3.05) is 0 Å². The highest BCUT2D eigenvalue weighted by Gasteiger charge is 2.15. The Morgan fingerprint density at radius 1 is 0.781 bits per heavy atom. The molecule has 0 aliphatic heterocycles. The first-order valence-electron chi connectivity index (χ1n) is 10.6. The van der Waals surface area contributed by atoms with Crippen molar-refractivity contribution in [1.29, 1.82) is 0 Å². The van der Waals surface area contributed by atoms with Crippen molar-refractivity contribution in [3.63, 3.8) is 0 Å². The number of fused-ring (bicyclic) bond motifs is 4. The topological polar surface area (TPSA) is 52.7 Å². The molecule has 0 unspecified atom stereocenters. The molecule has 0 saturated heterocycles. The Kier molecular flexibility index (Phi) is 4.15. The van der Waals surface area contributed by atoms with Gasteiger partial charge >= 0.3 is 5.69 Å². The Morgan fingerprint density at radius 3 is 2.44 bits per heavy atom. The molecule has 0 aliphatic carbocycles. The molecule has 5 nitrogen and oxygen atoms in total. The van der Waals surface area contributed by atoms with Crippen molar-refractivity contribution in [2.45, 2.75) is 6.54 Å². The summed E-state index contributed by atoms with van der Waals surface area (Å²) in [5.41, 5.74) is 6.69. The van der Waals surface area contributed by atoms with Gasteiger partial charge in [-0.3, -0.25) is 19.1 Å². The lowest BCUT2D eigenvalue weighted by Crippen LogP contribution is -2.22. The van der Waals surface area contributed by atoms with Crippen molar-refractivity contribution in [3.8, 4) is 11.1 Å². The fraction of sp³-hybridized carbons (Fsp3) is 0.0741. The summed E-state index contributed by atoms with van der Waals surface area (Å²) in [7, 11) is 1.83. The number of aromatic nitrogens is 4. The maximum atomic E-state index is 13.1. The first kappa shape index (κ1) is 18.5. The summed E-state index contributed by atoms with van der Waals surface area (Å²) < 4.78 is 3.52. The van der Waals surface area contributed by atoms with E-state index >= 15 is 0 Å². The standard InChI is InChI=1S/C27H20N4O/c1-30-26-22-14-19(21-13-20-9-5-6-10-23(20)28-15-21)11-12-24(22)29-16-25(26)31(27(30)32)17-18-7-3-2-4-8-18/h2-16H,17H2,1H3. The zero-order chi connectivity index (χ0) is 21.7. The number of rotatable bonds is 3. The van der Waals surface area contributed by atoms with Gasteiger partial charge in [0.2, 0.25) is 0 Å². The summed E-state index contributed by atoms with van der Waals surface area (Å²) in [5, 5.41) is 2.06. The molecule has 0 amide bonds. The molecule has 0 bridgehead atoms. The maximum absolute atomic E-state index is 13.1. The molecule has 5 heteroatoms. The van der Waals surface area contributed by atoms with E-state index in [0.717, 1.165) is 49.5 Å². The van der Waals surface area contributed by atoms with Crippen LogP contribution in [0.25, 0.3) is 44.0 Å². The predicted octanol–water partition coefficient (Wildman–Crippen LogP) is 5.15. The second-order valence-corrected chi connectivity index (χ2v) is 8.05. The molecule has 0 N–H and O–H groups in total. The third-order valence-electron chi connectivity index (χ3n) is 6.07. The molecule has 6 aromatic rings. The molecular weight excluding hydrogens is 396 g/mol. The molecule has 0 aliphatic rings. The lowest BCUT2D eigenvalue weighted by Gasteiger charge is -2.07. The van der Waals surface area contributed by atoms with Crippen LogP contribution in [0.15, 0.2) is 96.1 Å². The fourth-order valence-electron chi connectivity index (χ4n) is 4.43. The van der Waals surface area contributed by atoms with E-state index in [1.54, 1.807) is 15.3 Å². The van der Waals surface area contributed by atoms with Gasteiger partial charge in [-0.25, -0.2) is 4.79 Å². The van der Waals surface area contributed by atoms with E-state index in [0.29, 0.717) is 6.54 Å². The van der Waals surface area contributed by atoms with Crippen molar-refractivity contribution < 1.29 is 0 Å². The predicted molar refractivity (Wildman–Crippen MR) is 129 cm³/mol. The lowest BCUT2D eigenvalue weighted by molar-refractivity contribution is 0.736. The van der Waals surface area contributed by atoms with Gasteiger partial charge in [0, 0.05) is 29.6 Å². The van der Waals surface area contributed by atoms with Gasteiger partial charge in [-0.2, -0.15) is 0 Å². The van der Waals surface area contributed by atoms with Crippen LogP contribution in [0.2, 0.25) is 0 Å². The Morgan fingerprint density at radius 2 is 1.56 bits per heavy atom. The number of pyridine rings is 2. The molecular formula is C27H20N4O. The zero-order valence-electron chi connectivity index (χ0n) is 17.6. The van der Waals surface area contributed by atoms with Crippen LogP contribution in [-0.4, -0.2) is 19.1 Å². The van der Waals surface area contributed by atoms with Crippen LogP contribution in [0, 0.1) is 0 Å². The minimum atomic E-state index is -0.0454. The van der Waals surface area contributed by atoms with Crippen molar-refractivity contribution in [1.82, 2.24) is 19.1 Å². The molecule has 3 aromatic carbocycles. The number of hydrogen-bond acceptors (Lipinski definition) is 3. The highest BCUT2D eigenvalue weighted by atomic mass is 16.1. The number of hydrogen-bond donors (Lipinski definition) is 0. The highest BCUT2D eigenvalue weighted by Crippen LogP contribution is 2.29. The summed E-state index contributed by atoms with van der Waals surface area (Å²) in [6.45, 7) is 0.512. The van der Waals surface area contributed by atoms with Crippen LogP contribution in [0.1, 0.15) is 5.56 Å². The van der Waals surface area contributed by atoms with Crippen LogP contribution in [0.3, 0.4) is 0 Å². The Bertz CT molecular complexity index is 1680. The second-order valence-electron chi connectivity index (χ2n) is 8.05. The van der Waals surface area contributed by atoms with Crippen molar-refractivity contribution >= 4 is 32.8 Å². The highest BCUT2D eigenvalue weighted by molar-refractivity contribution is 6.04. The summed E-state index contributed by atoms with van der Waals surface area (Å²) in [6.07, 6.45) is 3.70. The van der Waals surface area contributed by atoms with Gasteiger partial charge in [0.05, 0.1) is 34.8 Å². The van der Waals surface area contributed by atoms with Crippen LogP contribution < -0.4 is 5.69 Å². The molecule has 6 rings (SSSR count). The second kappa shape index (κ2) is 7.17. The fourth-order valence-corrected chi connectivity index (χ4v) is 4.43. The molecule has 3 aromatic heterocycles. The first-order valence-corrected chi connectivity index (χ1v) is 10.6. The normalized spacial score (nSPS) is 11.5. The van der Waals surface area contributed by atoms with Crippen molar-refractivity contribution in [3.05, 3.63) is 107 Å². The molecule has 32 heavy (non-hydrogen) atoms. The smallest absolute Gasteiger partial charge is 0.294 e. The number of para-hydroxylation sites is 1. The van der Waals surface area contributed by atoms with Gasteiger partial charge in [-0.05, 0) is 35.4 Å². The average Bonchev–Trinajstić information content (AvgIpc) is 3.09. The summed E-state index contributed by atoms with van der Waals surface area (Å²) in [6, 6.07) is 26.5. The Labute approximate surface area is 184 Å². The largest absolute Gasteiger partial charge is 0.329 e. The minimum Gasteiger partial charge on any atom is -0.294 e. The van der Waals surface area contributed by atoms with Gasteiger partial charge < -0.3 is 0 Å². The molecule has 0 radical (unpaired) electrons. The quantitative estimate of drug-likeness (QED) is 0.401. The van der Waals surface area contributed by atoms with Gasteiger partial charge in [-0.15, -0.1) is 0 Å². The zero-order valence-corrected chi connectivity index (χ0v) is 17.6. The van der Waals surface area contributed by atoms with E-state index in [1.165, 1.54) is 0 Å². The van der Waals surface area contributed by atoms with Crippen LogP contribution in [-0.2, 0) is 13.6 Å². The van der Waals surface area contributed by atoms with E-state index < -0.39 is 0 Å². The molecule has 0 spiro atoms. The van der Waals surface area contributed by atoms with E-state index in [2.05, 4.69) is 34.2 Å². The van der Waals surface area contributed by atoms with Crippen LogP contribution in [0.4, 0.5) is 0 Å². The van der Waals surface area contributed by atoms with Gasteiger partial charge in [0.1, 0.15) is 0 Å². The molecule has 0 fully saturated rings. The van der Waals surface area contributed by atoms with E-state index in [1.807, 2.05) is 67.8 Å². The third kappa shape index (κ3) is 2.90. The third-order valence-corrected chi connectivity index (χ3v) is 6.07. The van der Waals surface area contributed by atoms with Gasteiger partial charge in [0.25, 0.3) is 0 Å². The number of imidazole rings is 1. The Balaban J connectivity index is 1.56. The number of benzene rings is 3. The SMILES string of the molecule is Cn1c(=O)n(Cc2ccccc2)c2cnc3ccc(-c4cnc5ccccc5c4)cc3c21. The summed E-state index contributed by atoms with van der Waals surface area (Å²) in [4.78, 5) is 22.4. The summed E-state index contributed by atoms with van der Waals surface area (Å²) >= 11 is 0. The van der Waals surface area contributed by atoms with E-state index in [4.69, 9.17) is 0 Å². The first-order chi connectivity index (χ1) is 15.7. The van der Waals surface area contributed by atoms with Crippen molar-refractivity contribution in [2.24, 2.45) is 7.05 Å². The van der Waals surface area contributed by atoms with E-state index in [9.17, 15) is 4.79 Å². The monoisotopic (exact) mass is 416 g/mol. The van der Waals surface area contributed by atoms with Crippen LogP contribution in [0.5, 0.6) is 0 Å². The summed E-state index contributed by atoms with van der Waals surface area (Å²) in [5.74, 6) is 0. The van der Waals surface area contributed by atoms with Gasteiger partial charge in [-0.1, -0.05) is 54.6 Å².